The minimum atomic E-state index is -5.08. The molecular weight excluding hydrogens is 626 g/mol. The minimum absolute atomic E-state index is 0.0979. The summed E-state index contributed by atoms with van der Waals surface area (Å²) in [4.78, 5) is 36.9. The lowest BCUT2D eigenvalue weighted by Gasteiger charge is -2.47. The highest BCUT2D eigenvalue weighted by Crippen LogP contribution is 2.43. The number of aromatic nitrogens is 6. The SMILES string of the molecule is Cc1nc2c(n1CC1CC1)CN(Cc1cnn(C)c1)CC21CCN(c2ncccn2)CC1.O=C(O)C(F)(F)F.O=C(O)C(F)(F)F. The molecule has 0 bridgehead atoms. The number of fused-ring (bicyclic) bond motifs is 2. The molecule has 3 aliphatic rings. The van der Waals surface area contributed by atoms with Gasteiger partial charge in [-0.25, -0.2) is 24.5 Å². The normalized spacial score (nSPS) is 17.8. The third kappa shape index (κ3) is 8.73. The van der Waals surface area contributed by atoms with Gasteiger partial charge in [-0.1, -0.05) is 0 Å². The first-order valence-corrected chi connectivity index (χ1v) is 14.4. The summed E-state index contributed by atoms with van der Waals surface area (Å²) < 4.78 is 67.9. The molecule has 0 radical (unpaired) electrons. The average molecular weight is 661 g/mol. The number of hydrogen-bond donors (Lipinski definition) is 2. The Bertz CT molecular complexity index is 1470. The number of carboxylic acid groups (broad SMARTS) is 2. The van der Waals surface area contributed by atoms with Crippen molar-refractivity contribution in [2.45, 2.75) is 70.0 Å². The summed E-state index contributed by atoms with van der Waals surface area (Å²) in [5.74, 6) is -2.63. The number of imidazole rings is 1. The quantitative estimate of drug-likeness (QED) is 0.387. The summed E-state index contributed by atoms with van der Waals surface area (Å²) in [6, 6.07) is 1.88. The summed E-state index contributed by atoms with van der Waals surface area (Å²) in [5.41, 5.74) is 4.20. The van der Waals surface area contributed by atoms with Crippen molar-refractivity contribution in [2.75, 3.05) is 24.5 Å². The maximum Gasteiger partial charge on any atom is 0.490 e. The maximum atomic E-state index is 10.6. The van der Waals surface area contributed by atoms with Crippen LogP contribution in [0.4, 0.5) is 32.3 Å². The molecule has 2 fully saturated rings. The molecule has 3 aromatic rings. The zero-order valence-electron chi connectivity index (χ0n) is 25.1. The Labute approximate surface area is 259 Å². The molecule has 5 heterocycles. The lowest BCUT2D eigenvalue weighted by molar-refractivity contribution is -0.193. The first-order valence-electron chi connectivity index (χ1n) is 14.4. The van der Waals surface area contributed by atoms with Crippen LogP contribution in [0.5, 0.6) is 0 Å². The molecule has 1 saturated heterocycles. The second kappa shape index (κ2) is 13.6. The molecule has 6 rings (SSSR count). The van der Waals surface area contributed by atoms with Gasteiger partial charge in [-0.05, 0) is 44.6 Å². The number of hydrogen-bond acceptors (Lipinski definition) is 8. The summed E-state index contributed by atoms with van der Waals surface area (Å²) in [7, 11) is 1.99. The van der Waals surface area contributed by atoms with Gasteiger partial charge in [-0.3, -0.25) is 9.58 Å². The van der Waals surface area contributed by atoms with Crippen LogP contribution in [0.3, 0.4) is 0 Å². The Morgan fingerprint density at radius 1 is 1.00 bits per heavy atom. The second-order valence-corrected chi connectivity index (χ2v) is 11.6. The number of piperidine rings is 1. The predicted octanol–water partition coefficient (Wildman–Crippen LogP) is 3.95. The Kier molecular flexibility index (Phi) is 10.3. The van der Waals surface area contributed by atoms with Gasteiger partial charge in [0, 0.05) is 75.9 Å². The fourth-order valence-electron chi connectivity index (χ4n) is 5.67. The number of aryl methyl sites for hydroxylation is 2. The predicted molar refractivity (Wildman–Crippen MR) is 150 cm³/mol. The smallest absolute Gasteiger partial charge is 0.475 e. The monoisotopic (exact) mass is 660 g/mol. The number of aliphatic carboxylic acids is 2. The van der Waals surface area contributed by atoms with E-state index >= 15 is 0 Å². The highest BCUT2D eigenvalue weighted by Gasteiger charge is 2.46. The molecule has 1 saturated carbocycles. The molecular formula is C28H34F6N8O4. The van der Waals surface area contributed by atoms with Crippen molar-refractivity contribution in [1.82, 2.24) is 34.2 Å². The first kappa shape index (κ1) is 34.6. The highest BCUT2D eigenvalue weighted by atomic mass is 19.4. The van der Waals surface area contributed by atoms with E-state index in [2.05, 4.69) is 42.6 Å². The van der Waals surface area contributed by atoms with Gasteiger partial charge in [-0.15, -0.1) is 0 Å². The number of alkyl halides is 6. The summed E-state index contributed by atoms with van der Waals surface area (Å²) in [5, 5.41) is 18.6. The van der Waals surface area contributed by atoms with Crippen molar-refractivity contribution in [3.63, 3.8) is 0 Å². The van der Waals surface area contributed by atoms with Crippen molar-refractivity contribution in [3.05, 3.63) is 53.6 Å². The van der Waals surface area contributed by atoms with Crippen LogP contribution in [0.15, 0.2) is 30.9 Å². The van der Waals surface area contributed by atoms with Crippen molar-refractivity contribution in [1.29, 1.82) is 0 Å². The van der Waals surface area contributed by atoms with Crippen LogP contribution in [0.2, 0.25) is 0 Å². The van der Waals surface area contributed by atoms with Gasteiger partial charge in [0.2, 0.25) is 5.95 Å². The van der Waals surface area contributed by atoms with Crippen LogP contribution >= 0.6 is 0 Å². The third-order valence-electron chi connectivity index (χ3n) is 8.01. The van der Waals surface area contributed by atoms with Crippen LogP contribution in [0.25, 0.3) is 0 Å². The van der Waals surface area contributed by atoms with Crippen molar-refractivity contribution in [3.8, 4) is 0 Å². The van der Waals surface area contributed by atoms with Gasteiger partial charge < -0.3 is 19.7 Å². The molecule has 0 amide bonds. The fourth-order valence-corrected chi connectivity index (χ4v) is 5.67. The summed E-state index contributed by atoms with van der Waals surface area (Å²) >= 11 is 0. The topological polar surface area (TPSA) is 142 Å². The molecule has 2 aliphatic heterocycles. The molecule has 3 aromatic heterocycles. The van der Waals surface area contributed by atoms with Gasteiger partial charge in [0.25, 0.3) is 0 Å². The van der Waals surface area contributed by atoms with E-state index in [9.17, 15) is 26.3 Å². The van der Waals surface area contributed by atoms with Gasteiger partial charge in [0.05, 0.1) is 17.6 Å². The van der Waals surface area contributed by atoms with Gasteiger partial charge >= 0.3 is 24.3 Å². The molecule has 18 heteroatoms. The number of carboxylic acids is 2. The molecule has 12 nitrogen and oxygen atoms in total. The lowest BCUT2D eigenvalue weighted by Crippen LogP contribution is -2.52. The van der Waals surface area contributed by atoms with Gasteiger partial charge in [-0.2, -0.15) is 31.4 Å². The number of anilines is 1. The van der Waals surface area contributed by atoms with E-state index in [0.29, 0.717) is 0 Å². The number of rotatable bonds is 5. The summed E-state index contributed by atoms with van der Waals surface area (Å²) in [6.45, 7) is 8.25. The Morgan fingerprint density at radius 3 is 2.04 bits per heavy atom. The third-order valence-corrected chi connectivity index (χ3v) is 8.01. The average Bonchev–Trinajstić information content (AvgIpc) is 3.63. The van der Waals surface area contributed by atoms with E-state index in [1.54, 1.807) is 0 Å². The highest BCUT2D eigenvalue weighted by molar-refractivity contribution is 5.73. The van der Waals surface area contributed by atoms with E-state index in [1.165, 1.54) is 35.6 Å². The second-order valence-electron chi connectivity index (χ2n) is 11.6. The van der Waals surface area contributed by atoms with Crippen LogP contribution in [-0.4, -0.2) is 88.3 Å². The van der Waals surface area contributed by atoms with Crippen LogP contribution in [-0.2, 0) is 41.7 Å². The molecule has 2 N–H and O–H groups in total. The standard InChI is InChI=1S/C24H32N8.2C2HF3O2/c1-18-28-22-21(32(18)15-19-4-5-19)16-30(14-20-12-27-29(2)13-20)17-24(22)6-10-31(11-7-24)23-25-8-3-9-26-23;2*3-2(4,5)1(6)7/h3,8-9,12-13,19H,4-7,10-11,14-17H2,1-2H3;2*(H,6,7). The molecule has 46 heavy (non-hydrogen) atoms. The van der Waals surface area contributed by atoms with Crippen molar-refractivity contribution in [2.24, 2.45) is 13.0 Å². The minimum Gasteiger partial charge on any atom is -0.475 e. The summed E-state index contributed by atoms with van der Waals surface area (Å²) in [6.07, 6.45) is 2.55. The molecule has 0 atom stereocenters. The van der Waals surface area contributed by atoms with Gasteiger partial charge in [0.1, 0.15) is 5.82 Å². The van der Waals surface area contributed by atoms with E-state index in [4.69, 9.17) is 24.8 Å². The van der Waals surface area contributed by atoms with Gasteiger partial charge in [0.15, 0.2) is 0 Å². The zero-order valence-corrected chi connectivity index (χ0v) is 25.1. The molecule has 1 spiro atoms. The molecule has 252 valence electrons. The van der Waals surface area contributed by atoms with Crippen LogP contribution < -0.4 is 4.90 Å². The van der Waals surface area contributed by atoms with Crippen LogP contribution in [0, 0.1) is 12.8 Å². The van der Waals surface area contributed by atoms with E-state index in [-0.39, 0.29) is 5.41 Å². The van der Waals surface area contributed by atoms with E-state index < -0.39 is 24.3 Å². The van der Waals surface area contributed by atoms with E-state index in [0.717, 1.165) is 64.0 Å². The number of halogens is 6. The molecule has 0 aromatic carbocycles. The van der Waals surface area contributed by atoms with Crippen molar-refractivity contribution >= 4 is 17.9 Å². The molecule has 0 unspecified atom stereocenters. The molecule has 1 aliphatic carbocycles. The lowest BCUT2D eigenvalue weighted by atomic mass is 9.72. The fraction of sp³-hybridized carbons (Fsp3) is 0.571. The Balaban J connectivity index is 0.000000289. The number of carbonyl (C=O) groups is 2. The first-order chi connectivity index (χ1) is 21.5. The Hall–Kier alpha value is -4.22. The van der Waals surface area contributed by atoms with Crippen LogP contribution in [0.1, 0.15) is 48.5 Å². The maximum absolute atomic E-state index is 10.6. The zero-order chi connectivity index (χ0) is 33.9. The largest absolute Gasteiger partial charge is 0.490 e. The van der Waals surface area contributed by atoms with E-state index in [1.807, 2.05) is 36.4 Å². The Morgan fingerprint density at radius 2 is 1.57 bits per heavy atom. The van der Waals surface area contributed by atoms with Crippen molar-refractivity contribution < 1.29 is 46.1 Å². The number of nitrogens with zero attached hydrogens (tertiary/aromatic N) is 8.